The molecular formula is C64H81N19O3S3. The molecule has 25 heteroatoms. The van der Waals surface area contributed by atoms with Crippen molar-refractivity contribution in [2.24, 2.45) is 0 Å². The third-order valence-electron chi connectivity index (χ3n) is 13.3. The minimum atomic E-state index is 0.177. The second kappa shape index (κ2) is 36.2. The molecule has 3 aromatic heterocycles. The third kappa shape index (κ3) is 21.2. The first-order valence-electron chi connectivity index (χ1n) is 29.9. The quantitative estimate of drug-likeness (QED) is 0.0222. The van der Waals surface area contributed by atoms with Crippen molar-refractivity contribution in [1.29, 1.82) is 15.8 Å². The third-order valence-corrected chi connectivity index (χ3v) is 16.3. The smallest absolute Gasteiger partial charge is 0.230 e. The van der Waals surface area contributed by atoms with E-state index in [1.54, 1.807) is 0 Å². The SMILES string of the molecule is CC1=CSC(=C(C#N)c2cc(N(C)c3ccccc3)nc(NC(C)C)n2)N1.CCCCOCCCNc1nc(C(C#N)=C2NC(C)=CS2)cc(N(C)c2ccccc2)n1.CCCCOCCCNc1nc(C(C#N)=C2NC(C)=CS2)nc(N2CCOCC2)n1. The second-order valence-electron chi connectivity index (χ2n) is 20.9. The lowest BCUT2D eigenvalue weighted by atomic mass is 10.2. The Morgan fingerprint density at radius 2 is 1.01 bits per heavy atom. The molecule has 4 aliphatic rings. The van der Waals surface area contributed by atoms with Crippen molar-refractivity contribution in [3.05, 3.63) is 138 Å². The Labute approximate surface area is 536 Å². The number of morpholine rings is 1. The van der Waals surface area contributed by atoms with Crippen LogP contribution in [0.1, 0.15) is 104 Å². The maximum atomic E-state index is 9.89. The molecule has 0 atom stereocenters. The monoisotopic (exact) mass is 1260 g/mol. The fourth-order valence-electron chi connectivity index (χ4n) is 8.52. The van der Waals surface area contributed by atoms with E-state index in [-0.39, 0.29) is 6.04 Å². The van der Waals surface area contributed by atoms with Crippen molar-refractivity contribution in [3.8, 4) is 18.2 Å². The predicted molar refractivity (Wildman–Crippen MR) is 363 cm³/mol. The van der Waals surface area contributed by atoms with E-state index in [0.717, 1.165) is 101 Å². The molecule has 22 nitrogen and oxygen atoms in total. The number of hydrogen-bond acceptors (Lipinski definition) is 25. The van der Waals surface area contributed by atoms with Crippen molar-refractivity contribution in [3.63, 3.8) is 0 Å². The molecule has 5 aromatic rings. The fourth-order valence-corrected chi connectivity index (χ4v) is 11.0. The van der Waals surface area contributed by atoms with Crippen LogP contribution in [0.2, 0.25) is 0 Å². The number of nitrogens with one attached hydrogen (secondary N) is 6. The highest BCUT2D eigenvalue weighted by Gasteiger charge is 2.24. The number of hydrogen-bond donors (Lipinski definition) is 6. The molecule has 0 aliphatic carbocycles. The average Bonchev–Trinajstić information content (AvgIpc) is 3.40. The Bertz CT molecular complexity index is 3460. The van der Waals surface area contributed by atoms with Crippen molar-refractivity contribution in [1.82, 2.24) is 50.8 Å². The summed E-state index contributed by atoms with van der Waals surface area (Å²) in [6, 6.07) is 30.7. The van der Waals surface area contributed by atoms with Crippen LogP contribution in [-0.4, -0.2) is 121 Å². The van der Waals surface area contributed by atoms with Crippen LogP contribution in [0.3, 0.4) is 0 Å². The van der Waals surface area contributed by atoms with Gasteiger partial charge in [-0.15, -0.1) is 0 Å². The van der Waals surface area contributed by atoms with Crippen LogP contribution in [-0.2, 0) is 14.2 Å². The van der Waals surface area contributed by atoms with Gasteiger partial charge in [-0.3, -0.25) is 0 Å². The highest BCUT2D eigenvalue weighted by molar-refractivity contribution is 8.06. The van der Waals surface area contributed by atoms with Gasteiger partial charge >= 0.3 is 0 Å². The maximum Gasteiger partial charge on any atom is 0.230 e. The van der Waals surface area contributed by atoms with Gasteiger partial charge in [0.05, 0.1) is 39.7 Å². The van der Waals surface area contributed by atoms with E-state index in [1.807, 2.05) is 148 Å². The van der Waals surface area contributed by atoms with Crippen LogP contribution in [0.25, 0.3) is 16.7 Å². The normalized spacial score (nSPS) is 15.8. The molecule has 1 fully saturated rings. The lowest BCUT2D eigenvalue weighted by Gasteiger charge is -2.27. The number of para-hydroxylation sites is 2. The summed E-state index contributed by atoms with van der Waals surface area (Å²) in [7, 11) is 3.91. The number of nitrogens with zero attached hydrogens (tertiary/aromatic N) is 13. The van der Waals surface area contributed by atoms with Gasteiger partial charge in [0.2, 0.25) is 23.8 Å². The van der Waals surface area contributed by atoms with Gasteiger partial charge in [0.15, 0.2) is 5.82 Å². The molecule has 0 unspecified atom stereocenters. The van der Waals surface area contributed by atoms with E-state index in [0.29, 0.717) is 116 Å². The molecule has 0 amide bonds. The summed E-state index contributed by atoms with van der Waals surface area (Å²) in [6.07, 6.45) is 6.14. The van der Waals surface area contributed by atoms with E-state index < -0.39 is 0 Å². The molecule has 9 rings (SSSR count). The molecule has 0 saturated carbocycles. The first-order chi connectivity index (χ1) is 43.3. The summed E-state index contributed by atoms with van der Waals surface area (Å²) < 4.78 is 16.7. The molecule has 0 spiro atoms. The minimum absolute atomic E-state index is 0.177. The summed E-state index contributed by atoms with van der Waals surface area (Å²) >= 11 is 4.47. The number of ether oxygens (including phenoxy) is 3. The van der Waals surface area contributed by atoms with Crippen molar-refractivity contribution < 1.29 is 14.2 Å². The largest absolute Gasteiger partial charge is 0.381 e. The Morgan fingerprint density at radius 3 is 1.44 bits per heavy atom. The maximum absolute atomic E-state index is 9.89. The number of benzene rings is 2. The van der Waals surface area contributed by atoms with Crippen molar-refractivity contribution >= 4 is 98.8 Å². The highest BCUT2D eigenvalue weighted by Crippen LogP contribution is 2.36. The number of rotatable bonds is 26. The first-order valence-corrected chi connectivity index (χ1v) is 32.5. The molecule has 89 heavy (non-hydrogen) atoms. The summed E-state index contributed by atoms with van der Waals surface area (Å²) in [4.78, 5) is 38.3. The Kier molecular flexibility index (Phi) is 27.7. The number of aromatic nitrogens is 7. The van der Waals surface area contributed by atoms with Gasteiger partial charge in [-0.05, 0) is 101 Å². The second-order valence-corrected chi connectivity index (χ2v) is 23.6. The first kappa shape index (κ1) is 68.1. The molecule has 6 N–H and O–H groups in total. The molecule has 468 valence electrons. The summed E-state index contributed by atoms with van der Waals surface area (Å²) in [5, 5.41) is 57.2. The van der Waals surface area contributed by atoms with Gasteiger partial charge in [-0.2, -0.15) is 40.7 Å². The predicted octanol–water partition coefficient (Wildman–Crippen LogP) is 12.4. The Morgan fingerprint density at radius 1 is 0.584 bits per heavy atom. The zero-order valence-corrected chi connectivity index (χ0v) is 54.8. The van der Waals surface area contributed by atoms with E-state index in [1.165, 1.54) is 35.3 Å². The summed E-state index contributed by atoms with van der Waals surface area (Å²) in [5.41, 5.74) is 7.62. The summed E-state index contributed by atoms with van der Waals surface area (Å²) in [6.45, 7) is 21.3. The number of nitriles is 3. The molecule has 4 aliphatic heterocycles. The molecule has 7 heterocycles. The molecule has 0 bridgehead atoms. The van der Waals surface area contributed by atoms with Gasteiger partial charge in [-0.25, -0.2) is 9.97 Å². The molecule has 0 radical (unpaired) electrons. The topological polar surface area (TPSA) is 271 Å². The van der Waals surface area contributed by atoms with Gasteiger partial charge < -0.3 is 60.8 Å². The van der Waals surface area contributed by atoms with Gasteiger partial charge in [0, 0.05) is 113 Å². The lowest BCUT2D eigenvalue weighted by Crippen LogP contribution is -2.37. The number of thioether (sulfide) groups is 3. The van der Waals surface area contributed by atoms with E-state index >= 15 is 0 Å². The molecular weight excluding hydrogens is 1180 g/mol. The van der Waals surface area contributed by atoms with E-state index in [9.17, 15) is 15.8 Å². The van der Waals surface area contributed by atoms with E-state index in [4.69, 9.17) is 19.2 Å². The number of unbranched alkanes of at least 4 members (excludes halogenated alkanes) is 2. The highest BCUT2D eigenvalue weighted by atomic mass is 32.2. The summed E-state index contributed by atoms with van der Waals surface area (Å²) in [5.74, 6) is 3.83. The van der Waals surface area contributed by atoms with Crippen LogP contribution < -0.4 is 46.6 Å². The number of anilines is 8. The lowest BCUT2D eigenvalue weighted by molar-refractivity contribution is 0.122. The van der Waals surface area contributed by atoms with Crippen LogP contribution in [0.4, 0.5) is 46.8 Å². The Balaban J connectivity index is 0.000000191. The number of allylic oxidation sites excluding steroid dienone is 6. The Hall–Kier alpha value is -8.35. The fraction of sp³-hybridized carbons (Fsp3) is 0.406. The van der Waals surface area contributed by atoms with E-state index in [2.05, 4.69) is 98.8 Å². The van der Waals surface area contributed by atoms with Crippen LogP contribution >= 0.6 is 35.3 Å². The van der Waals surface area contributed by atoms with Gasteiger partial charge in [-0.1, -0.05) is 98.4 Å². The van der Waals surface area contributed by atoms with Crippen molar-refractivity contribution in [2.45, 2.75) is 93.0 Å². The molecule has 2 aromatic carbocycles. The molecule has 1 saturated heterocycles. The average molecular weight is 1260 g/mol. The van der Waals surface area contributed by atoms with Crippen LogP contribution in [0, 0.1) is 34.0 Å². The standard InChI is InChI=1S/C24H30N6OS.C20H29N7O2S.C20H22N6S/c1-4-5-13-31-14-9-12-26-24-28-21(20(16-25)23-27-18(2)17-32-23)15-22(29-24)30(3)19-10-7-6-8-11-19;1-3-4-9-28-10-5-6-22-19-24-17(16(13-21)18-23-15(2)14-30-18)25-20(26-19)27-7-11-29-12-8-27;1-13(2)22-20-24-17(16(11-21)19-23-14(3)12-27-19)10-18(25-20)26(4)15-8-6-5-7-9-15/h6-8,10-11,15,17,27H,4-5,9,12-14H2,1-3H3,(H,26,28,29);14,23H,3-12H2,1-2H3,(H,22,24,25,26);5-10,12-13,23H,1-4H3,(H,22,24,25). The zero-order chi connectivity index (χ0) is 63.3. The van der Waals surface area contributed by atoms with Crippen LogP contribution in [0.5, 0.6) is 0 Å². The van der Waals surface area contributed by atoms with Gasteiger partial charge in [0.25, 0.3) is 0 Å². The van der Waals surface area contributed by atoms with Crippen molar-refractivity contribution in [2.75, 3.05) is 111 Å². The zero-order valence-electron chi connectivity index (χ0n) is 52.3. The van der Waals surface area contributed by atoms with Crippen LogP contribution in [0.15, 0.2) is 121 Å². The van der Waals surface area contributed by atoms with Gasteiger partial charge in [0.1, 0.15) is 46.6 Å². The minimum Gasteiger partial charge on any atom is -0.381 e.